The van der Waals surface area contributed by atoms with Gasteiger partial charge in [0.15, 0.2) is 6.19 Å². The van der Waals surface area contributed by atoms with Gasteiger partial charge in [-0.2, -0.15) is 5.26 Å². The molecular weight excluding hydrogens is 520 g/mol. The maximum atomic E-state index is 13.2. The van der Waals surface area contributed by atoms with Gasteiger partial charge in [-0.3, -0.25) is 20.1 Å². The number of para-hydroxylation sites is 1. The molecule has 1 saturated heterocycles. The van der Waals surface area contributed by atoms with Gasteiger partial charge in [0, 0.05) is 42.1 Å². The van der Waals surface area contributed by atoms with Gasteiger partial charge in [0.1, 0.15) is 4.88 Å². The second-order valence-corrected chi connectivity index (χ2v) is 10.6. The van der Waals surface area contributed by atoms with Crippen LogP contribution in [0.5, 0.6) is 0 Å². The summed E-state index contributed by atoms with van der Waals surface area (Å²) in [6.45, 7) is 2.32. The van der Waals surface area contributed by atoms with E-state index in [4.69, 9.17) is 0 Å². The first-order valence-corrected chi connectivity index (χ1v) is 14.2. The molecule has 204 valence electrons. The number of likely N-dealkylation sites (tertiary alicyclic amines) is 1. The fourth-order valence-corrected chi connectivity index (χ4v) is 5.72. The highest BCUT2D eigenvalue weighted by molar-refractivity contribution is 7.12. The molecule has 1 aliphatic rings. The third-order valence-electron chi connectivity index (χ3n) is 7.04. The monoisotopic (exact) mass is 552 g/mol. The van der Waals surface area contributed by atoms with Crippen LogP contribution in [0.2, 0.25) is 0 Å². The molecular formula is C30H32N8OS. The number of guanidine groups is 1. The van der Waals surface area contributed by atoms with Gasteiger partial charge in [-0.15, -0.1) is 11.3 Å². The summed E-state index contributed by atoms with van der Waals surface area (Å²) in [6.07, 6.45) is 7.10. The summed E-state index contributed by atoms with van der Waals surface area (Å²) in [5, 5.41) is 24.4. The molecule has 3 heterocycles. The van der Waals surface area contributed by atoms with Crippen molar-refractivity contribution in [3.63, 3.8) is 0 Å². The molecule has 0 saturated carbocycles. The normalized spacial score (nSPS) is 15.5. The Kier molecular flexibility index (Phi) is 8.86. The molecule has 5 rings (SSSR count). The number of carbonyl (C=O) groups is 1. The summed E-state index contributed by atoms with van der Waals surface area (Å²) >= 11 is 1.39. The topological polar surface area (TPSA) is 117 Å². The SMILES string of the molecule is CN1CCCC1CCN=C(NC#N)Nc1cccc(NC(=O)c2sccc2NCc2ccnc3ccccc23)c1. The van der Waals surface area contributed by atoms with Crippen LogP contribution in [0.4, 0.5) is 17.1 Å². The Morgan fingerprint density at radius 1 is 1.15 bits per heavy atom. The summed E-state index contributed by atoms with van der Waals surface area (Å²) in [7, 11) is 2.14. The third kappa shape index (κ3) is 6.75. The second kappa shape index (κ2) is 13.1. The number of rotatable bonds is 9. The zero-order chi connectivity index (χ0) is 27.7. The molecule has 1 amide bonds. The highest BCUT2D eigenvalue weighted by Crippen LogP contribution is 2.26. The van der Waals surface area contributed by atoms with Crippen molar-refractivity contribution >= 4 is 51.2 Å². The number of carbonyl (C=O) groups excluding carboxylic acids is 1. The van der Waals surface area contributed by atoms with Gasteiger partial charge in [0.25, 0.3) is 5.91 Å². The van der Waals surface area contributed by atoms with Crippen molar-refractivity contribution in [2.24, 2.45) is 4.99 Å². The maximum absolute atomic E-state index is 13.2. The van der Waals surface area contributed by atoms with Crippen LogP contribution in [-0.2, 0) is 6.54 Å². The average Bonchev–Trinajstić information content (AvgIpc) is 3.61. The molecule has 2 aromatic carbocycles. The number of amides is 1. The lowest BCUT2D eigenvalue weighted by atomic mass is 10.1. The minimum atomic E-state index is -0.195. The number of aromatic nitrogens is 1. The van der Waals surface area contributed by atoms with E-state index in [1.54, 1.807) is 6.20 Å². The Balaban J connectivity index is 1.21. The summed E-state index contributed by atoms with van der Waals surface area (Å²) in [5.41, 5.74) is 4.18. The molecule has 4 N–H and O–H groups in total. The number of nitrogens with one attached hydrogen (secondary N) is 4. The number of nitriles is 1. The van der Waals surface area contributed by atoms with E-state index in [1.807, 2.05) is 66.2 Å². The van der Waals surface area contributed by atoms with Gasteiger partial charge in [0.2, 0.25) is 5.96 Å². The van der Waals surface area contributed by atoms with E-state index in [0.29, 0.717) is 41.3 Å². The zero-order valence-electron chi connectivity index (χ0n) is 22.4. The summed E-state index contributed by atoms with van der Waals surface area (Å²) in [4.78, 5) is 25.1. The Morgan fingerprint density at radius 2 is 2.00 bits per heavy atom. The molecule has 9 nitrogen and oxygen atoms in total. The second-order valence-electron chi connectivity index (χ2n) is 9.70. The Labute approximate surface area is 238 Å². The average molecular weight is 553 g/mol. The molecule has 0 radical (unpaired) electrons. The van der Waals surface area contributed by atoms with E-state index < -0.39 is 0 Å². The number of hydrogen-bond donors (Lipinski definition) is 4. The van der Waals surface area contributed by atoms with Crippen LogP contribution in [-0.4, -0.2) is 47.9 Å². The van der Waals surface area contributed by atoms with Gasteiger partial charge in [0.05, 0.1) is 11.2 Å². The lowest BCUT2D eigenvalue weighted by Gasteiger charge is -2.18. The number of benzene rings is 2. The Hall–Kier alpha value is -4.46. The maximum Gasteiger partial charge on any atom is 0.267 e. The predicted molar refractivity (Wildman–Crippen MR) is 163 cm³/mol. The van der Waals surface area contributed by atoms with Crippen molar-refractivity contribution in [1.82, 2.24) is 15.2 Å². The van der Waals surface area contributed by atoms with Crippen LogP contribution >= 0.6 is 11.3 Å². The molecule has 1 atom stereocenters. The van der Waals surface area contributed by atoms with Crippen molar-refractivity contribution < 1.29 is 4.79 Å². The zero-order valence-corrected chi connectivity index (χ0v) is 23.2. The molecule has 10 heteroatoms. The van der Waals surface area contributed by atoms with Crippen molar-refractivity contribution in [3.05, 3.63) is 82.7 Å². The molecule has 40 heavy (non-hydrogen) atoms. The van der Waals surface area contributed by atoms with Crippen LogP contribution in [0.3, 0.4) is 0 Å². The van der Waals surface area contributed by atoms with Gasteiger partial charge in [-0.1, -0.05) is 24.3 Å². The molecule has 2 aromatic heterocycles. The molecule has 0 aliphatic carbocycles. The third-order valence-corrected chi connectivity index (χ3v) is 7.95. The molecule has 0 spiro atoms. The van der Waals surface area contributed by atoms with Crippen molar-refractivity contribution in [2.75, 3.05) is 36.1 Å². The molecule has 4 aromatic rings. The van der Waals surface area contributed by atoms with Crippen LogP contribution in [0.15, 0.2) is 77.2 Å². The van der Waals surface area contributed by atoms with E-state index in [-0.39, 0.29) is 5.91 Å². The minimum Gasteiger partial charge on any atom is -0.380 e. The lowest BCUT2D eigenvalue weighted by molar-refractivity contribution is 0.103. The van der Waals surface area contributed by atoms with Crippen molar-refractivity contribution in [3.8, 4) is 6.19 Å². The molecule has 1 aliphatic heterocycles. The number of hydrogen-bond acceptors (Lipinski definition) is 7. The van der Waals surface area contributed by atoms with Crippen LogP contribution < -0.4 is 21.3 Å². The van der Waals surface area contributed by atoms with Crippen molar-refractivity contribution in [1.29, 1.82) is 5.26 Å². The highest BCUT2D eigenvalue weighted by Gasteiger charge is 2.20. The van der Waals surface area contributed by atoms with Gasteiger partial charge >= 0.3 is 0 Å². The van der Waals surface area contributed by atoms with E-state index in [9.17, 15) is 10.1 Å². The number of pyridine rings is 1. The molecule has 1 fully saturated rings. The van der Waals surface area contributed by atoms with Gasteiger partial charge in [-0.05, 0) is 80.2 Å². The van der Waals surface area contributed by atoms with Crippen LogP contribution in [0, 0.1) is 11.5 Å². The van der Waals surface area contributed by atoms with E-state index in [0.717, 1.165) is 35.1 Å². The number of fused-ring (bicyclic) bond motifs is 1. The van der Waals surface area contributed by atoms with Crippen molar-refractivity contribution in [2.45, 2.75) is 31.8 Å². The first-order chi connectivity index (χ1) is 19.6. The van der Waals surface area contributed by atoms with E-state index >= 15 is 0 Å². The van der Waals surface area contributed by atoms with E-state index in [2.05, 4.69) is 49.3 Å². The summed E-state index contributed by atoms with van der Waals surface area (Å²) < 4.78 is 0. The summed E-state index contributed by atoms with van der Waals surface area (Å²) in [6, 6.07) is 19.8. The number of aliphatic imine (C=N–C) groups is 1. The fourth-order valence-electron chi connectivity index (χ4n) is 4.96. The van der Waals surface area contributed by atoms with Crippen LogP contribution in [0.25, 0.3) is 10.9 Å². The van der Waals surface area contributed by atoms with Gasteiger partial charge < -0.3 is 20.9 Å². The smallest absolute Gasteiger partial charge is 0.267 e. The molecule has 0 bridgehead atoms. The fraction of sp³-hybridized carbons (Fsp3) is 0.267. The minimum absolute atomic E-state index is 0.195. The predicted octanol–water partition coefficient (Wildman–Crippen LogP) is 5.48. The Morgan fingerprint density at radius 3 is 2.83 bits per heavy atom. The first-order valence-electron chi connectivity index (χ1n) is 13.3. The Bertz CT molecular complexity index is 1540. The van der Waals surface area contributed by atoms with E-state index in [1.165, 1.54) is 24.2 Å². The van der Waals surface area contributed by atoms with Crippen LogP contribution in [0.1, 0.15) is 34.5 Å². The number of nitrogens with zero attached hydrogens (tertiary/aromatic N) is 4. The summed E-state index contributed by atoms with van der Waals surface area (Å²) in [5.74, 6) is 0.193. The highest BCUT2D eigenvalue weighted by atomic mass is 32.1. The lowest BCUT2D eigenvalue weighted by Crippen LogP contribution is -2.29. The number of anilines is 3. The van der Waals surface area contributed by atoms with Gasteiger partial charge in [-0.25, -0.2) is 0 Å². The first kappa shape index (κ1) is 27.1. The standard InChI is InChI=1S/C30H32N8OS/c1-38-16-5-8-24(38)12-15-33-30(35-20-31)37-23-7-4-6-22(18-23)36-29(39)28-27(13-17-40-28)34-19-21-11-14-32-26-10-3-2-9-25(21)26/h2-4,6-7,9-11,13-14,17-18,24,34H,5,8,12,15-16,19H2,1H3,(H,36,39)(H2,33,35,37). The quantitative estimate of drug-likeness (QED) is 0.0940. The largest absolute Gasteiger partial charge is 0.380 e. The number of thiophene rings is 1. The molecule has 1 unspecified atom stereocenters.